The number of hydrogen-bond donors (Lipinski definition) is 6. The Morgan fingerprint density at radius 1 is 1.38 bits per heavy atom. The van der Waals surface area contributed by atoms with Crippen LogP contribution >= 0.6 is 0 Å². The number of nitrogens with zero attached hydrogens (tertiary/aromatic N) is 1. The average molecular weight is 366 g/mol. The van der Waals surface area contributed by atoms with Gasteiger partial charge in [-0.3, -0.25) is 15.1 Å². The van der Waals surface area contributed by atoms with Gasteiger partial charge in [0, 0.05) is 12.6 Å². The molecule has 0 aromatic rings. The molecule has 6 atom stereocenters. The van der Waals surface area contributed by atoms with E-state index in [9.17, 15) is 30.3 Å². The van der Waals surface area contributed by atoms with Gasteiger partial charge in [0.05, 0.1) is 19.2 Å². The molecule has 3 rings (SSSR count). The highest BCUT2D eigenvalue weighted by Gasteiger charge is 2.48. The van der Waals surface area contributed by atoms with E-state index in [1.165, 1.54) is 0 Å². The number of hydrogen-bond acceptors (Lipinski definition) is 8. The number of aliphatic imine (C=N–C) groups is 1. The van der Waals surface area contributed by atoms with Crippen LogP contribution < -0.4 is 5.32 Å². The summed E-state index contributed by atoms with van der Waals surface area (Å²) in [5.41, 5.74) is 1.69. The van der Waals surface area contributed by atoms with Crippen LogP contribution in [0.25, 0.3) is 0 Å². The van der Waals surface area contributed by atoms with Crippen LogP contribution in [-0.4, -0.2) is 87.1 Å². The van der Waals surface area contributed by atoms with Crippen molar-refractivity contribution in [2.45, 2.75) is 42.6 Å². The number of carbonyl (C=O) groups is 1. The maximum atomic E-state index is 11.6. The molecule has 1 aliphatic carbocycles. The van der Waals surface area contributed by atoms with Crippen LogP contribution in [0, 0.1) is 0 Å². The van der Waals surface area contributed by atoms with Gasteiger partial charge >= 0.3 is 5.97 Å². The third kappa shape index (κ3) is 3.63. The first-order valence-corrected chi connectivity index (χ1v) is 8.29. The minimum absolute atomic E-state index is 0.103. The lowest BCUT2D eigenvalue weighted by atomic mass is 9.94. The van der Waals surface area contributed by atoms with E-state index < -0.39 is 42.7 Å². The number of carboxylic acids is 1. The molecule has 2 aliphatic heterocycles. The van der Waals surface area contributed by atoms with Gasteiger partial charge in [0.1, 0.15) is 24.4 Å². The normalized spacial score (nSPS) is 37.1. The number of carboxylic acid groups (broad SMARTS) is 1. The summed E-state index contributed by atoms with van der Waals surface area (Å²) in [6.07, 6.45) is 4.58. The molecule has 26 heavy (non-hydrogen) atoms. The number of aliphatic hydroxyl groups excluding tert-OH is 3. The van der Waals surface area contributed by atoms with E-state index in [1.807, 2.05) is 24.3 Å². The van der Waals surface area contributed by atoms with Crippen molar-refractivity contribution in [3.8, 4) is 0 Å². The molecule has 0 radical (unpaired) electrons. The van der Waals surface area contributed by atoms with Crippen molar-refractivity contribution in [3.05, 3.63) is 35.5 Å². The van der Waals surface area contributed by atoms with Crippen LogP contribution in [0.2, 0.25) is 0 Å². The number of aliphatic carboxylic acids is 1. The number of allylic oxidation sites excluding steroid dienone is 2. The number of aliphatic hydroxyl groups is 4. The van der Waals surface area contributed by atoms with Crippen LogP contribution in [-0.2, 0) is 9.53 Å². The molecule has 1 fully saturated rings. The Morgan fingerprint density at radius 3 is 2.88 bits per heavy atom. The Labute approximate surface area is 149 Å². The molecule has 0 bridgehead atoms. The van der Waals surface area contributed by atoms with Gasteiger partial charge in [-0.25, -0.2) is 0 Å². The summed E-state index contributed by atoms with van der Waals surface area (Å²) in [7, 11) is 0. The predicted octanol–water partition coefficient (Wildman–Crippen LogP) is -1.90. The Morgan fingerprint density at radius 2 is 2.15 bits per heavy atom. The summed E-state index contributed by atoms with van der Waals surface area (Å²) < 4.78 is 5.03. The summed E-state index contributed by atoms with van der Waals surface area (Å²) >= 11 is 0. The maximum Gasteiger partial charge on any atom is 0.321 e. The average Bonchev–Trinajstić information content (AvgIpc) is 3.03. The highest BCUT2D eigenvalue weighted by molar-refractivity contribution is 5.87. The monoisotopic (exact) mass is 366 g/mol. The van der Waals surface area contributed by atoms with Crippen LogP contribution in [0.1, 0.15) is 6.42 Å². The van der Waals surface area contributed by atoms with Crippen molar-refractivity contribution in [1.29, 1.82) is 0 Å². The molecule has 0 aromatic heterocycles. The predicted molar refractivity (Wildman–Crippen MR) is 90.6 cm³/mol. The van der Waals surface area contributed by atoms with E-state index in [2.05, 4.69) is 10.3 Å². The van der Waals surface area contributed by atoms with Crippen LogP contribution in [0.4, 0.5) is 0 Å². The molecule has 0 amide bonds. The zero-order valence-electron chi connectivity index (χ0n) is 13.9. The lowest BCUT2D eigenvalue weighted by Gasteiger charge is -2.42. The molecule has 142 valence electrons. The topological polar surface area (TPSA) is 152 Å². The number of fused-ring (bicyclic) bond motifs is 1. The fraction of sp³-hybridized carbons (Fsp3) is 0.529. The Hall–Kier alpha value is -1.88. The molecule has 1 saturated heterocycles. The van der Waals surface area contributed by atoms with E-state index in [0.29, 0.717) is 0 Å². The highest BCUT2D eigenvalue weighted by Crippen LogP contribution is 2.27. The van der Waals surface area contributed by atoms with Crippen molar-refractivity contribution >= 4 is 12.2 Å². The molecular formula is C17H22N2O7. The van der Waals surface area contributed by atoms with E-state index in [-0.39, 0.29) is 19.1 Å². The smallest absolute Gasteiger partial charge is 0.321 e. The van der Waals surface area contributed by atoms with Gasteiger partial charge in [-0.15, -0.1) is 0 Å². The van der Waals surface area contributed by atoms with Crippen molar-refractivity contribution in [1.82, 2.24) is 5.32 Å². The minimum atomic E-state index is -2.20. The summed E-state index contributed by atoms with van der Waals surface area (Å²) in [4.78, 5) is 15.9. The van der Waals surface area contributed by atoms with Crippen LogP contribution in [0.15, 0.2) is 40.4 Å². The fourth-order valence-electron chi connectivity index (χ4n) is 3.16. The second-order valence-electron chi connectivity index (χ2n) is 6.58. The lowest BCUT2D eigenvalue weighted by Crippen LogP contribution is -2.65. The van der Waals surface area contributed by atoms with Gasteiger partial charge in [0.2, 0.25) is 5.79 Å². The third-order valence-corrected chi connectivity index (χ3v) is 4.77. The maximum absolute atomic E-state index is 11.6. The zero-order valence-corrected chi connectivity index (χ0v) is 13.9. The molecule has 0 saturated carbocycles. The van der Waals surface area contributed by atoms with Crippen LogP contribution in [0.3, 0.4) is 0 Å². The van der Waals surface area contributed by atoms with Gasteiger partial charge < -0.3 is 30.3 Å². The molecule has 9 nitrogen and oxygen atoms in total. The molecular weight excluding hydrogens is 344 g/mol. The summed E-state index contributed by atoms with van der Waals surface area (Å²) in [5, 5.41) is 51.6. The van der Waals surface area contributed by atoms with E-state index in [1.54, 1.807) is 6.21 Å². The first-order valence-electron chi connectivity index (χ1n) is 8.29. The van der Waals surface area contributed by atoms with Gasteiger partial charge in [-0.05, 0) is 11.1 Å². The summed E-state index contributed by atoms with van der Waals surface area (Å²) in [5.74, 6) is -3.34. The first kappa shape index (κ1) is 18.9. The molecule has 9 heteroatoms. The SMILES string of the molecule is O=C(O)[C@H](CC1=C2C=CC=CC2N=C1)NC[C@@]1(O)OC[C@@H](O)C(O)C1O. The molecule has 0 spiro atoms. The Bertz CT molecular complexity index is 687. The lowest BCUT2D eigenvalue weighted by molar-refractivity contribution is -0.318. The molecule has 0 aromatic carbocycles. The summed E-state index contributed by atoms with van der Waals surface area (Å²) in [6, 6.07) is -1.17. The molecule has 2 heterocycles. The van der Waals surface area contributed by atoms with Crippen molar-refractivity contribution in [2.24, 2.45) is 4.99 Å². The third-order valence-electron chi connectivity index (χ3n) is 4.77. The highest BCUT2D eigenvalue weighted by atomic mass is 16.6. The van der Waals surface area contributed by atoms with Gasteiger partial charge in [-0.2, -0.15) is 0 Å². The fourth-order valence-corrected chi connectivity index (χ4v) is 3.16. The first-order chi connectivity index (χ1) is 12.3. The zero-order chi connectivity index (χ0) is 18.9. The number of nitrogens with one attached hydrogen (secondary N) is 1. The Balaban J connectivity index is 1.67. The number of ether oxygens (including phenoxy) is 1. The molecule has 3 aliphatic rings. The quantitative estimate of drug-likeness (QED) is 0.319. The minimum Gasteiger partial charge on any atom is -0.480 e. The Kier molecular flexibility index (Phi) is 5.37. The van der Waals surface area contributed by atoms with Gasteiger partial charge in [0.25, 0.3) is 0 Å². The van der Waals surface area contributed by atoms with Crippen molar-refractivity contribution in [2.75, 3.05) is 13.2 Å². The molecule has 3 unspecified atom stereocenters. The van der Waals surface area contributed by atoms with Crippen molar-refractivity contribution < 1.29 is 35.1 Å². The summed E-state index contributed by atoms with van der Waals surface area (Å²) in [6.45, 7) is -0.817. The van der Waals surface area contributed by atoms with E-state index >= 15 is 0 Å². The van der Waals surface area contributed by atoms with Crippen molar-refractivity contribution in [3.63, 3.8) is 0 Å². The number of rotatable bonds is 6. The second-order valence-corrected chi connectivity index (χ2v) is 6.58. The second kappa shape index (κ2) is 7.39. The standard InChI is InChI=1S/C17H22N2O7/c20-13-7-26-17(25,15(22)14(13)21)8-19-12(16(23)24)5-9-6-18-11-4-2-1-3-10(9)11/h1-4,6,11-15,19-22,25H,5,7-8H2,(H,23,24)/t11?,12-,13+,14?,15?,17+/m0/s1. The largest absolute Gasteiger partial charge is 0.480 e. The molecule has 6 N–H and O–H groups in total. The van der Waals surface area contributed by atoms with Crippen LogP contribution in [0.5, 0.6) is 0 Å². The van der Waals surface area contributed by atoms with E-state index in [0.717, 1.165) is 11.1 Å². The van der Waals surface area contributed by atoms with Gasteiger partial charge in [-0.1, -0.05) is 24.3 Å². The van der Waals surface area contributed by atoms with Gasteiger partial charge in [0.15, 0.2) is 0 Å². The van der Waals surface area contributed by atoms with E-state index in [4.69, 9.17) is 4.74 Å².